The molecule has 3 rings (SSSR count). The molecule has 0 spiro atoms. The monoisotopic (exact) mass is 391 g/mol. The van der Waals surface area contributed by atoms with Crippen LogP contribution in [0.4, 0.5) is 0 Å². The average molecular weight is 392 g/mol. The van der Waals surface area contributed by atoms with Crippen LogP contribution in [-0.2, 0) is 0 Å². The molecule has 0 radical (unpaired) electrons. The number of hydrogen-bond donors (Lipinski definition) is 0. The smallest absolute Gasteiger partial charge is 0.265 e. The number of piperidine rings is 1. The Balaban J connectivity index is 1.73. The molecule has 1 amide bonds. The van der Waals surface area contributed by atoms with Gasteiger partial charge in [0.15, 0.2) is 0 Å². The van der Waals surface area contributed by atoms with Gasteiger partial charge in [0.1, 0.15) is 9.88 Å². The van der Waals surface area contributed by atoms with Gasteiger partial charge in [0.2, 0.25) is 0 Å². The van der Waals surface area contributed by atoms with Crippen LogP contribution in [0.2, 0.25) is 5.02 Å². The first-order valence-corrected chi connectivity index (χ1v) is 10.5. The Morgan fingerprint density at radius 3 is 2.54 bits per heavy atom. The van der Waals surface area contributed by atoms with E-state index in [1.807, 2.05) is 36.1 Å². The zero-order chi connectivity index (χ0) is 18.7. The van der Waals surface area contributed by atoms with Crippen molar-refractivity contribution in [3.63, 3.8) is 0 Å². The maximum atomic E-state index is 13.0. The average Bonchev–Trinajstić information content (AvgIpc) is 3.04. The van der Waals surface area contributed by atoms with E-state index < -0.39 is 0 Å². The number of thiazole rings is 1. The van der Waals surface area contributed by atoms with Crippen LogP contribution in [0.5, 0.6) is 0 Å². The summed E-state index contributed by atoms with van der Waals surface area (Å²) >= 11 is 7.74. The van der Waals surface area contributed by atoms with Crippen LogP contribution in [-0.4, -0.2) is 52.9 Å². The summed E-state index contributed by atoms with van der Waals surface area (Å²) in [5.41, 5.74) is 1.68. The van der Waals surface area contributed by atoms with Gasteiger partial charge in [0.25, 0.3) is 5.91 Å². The zero-order valence-electron chi connectivity index (χ0n) is 15.7. The number of aryl methyl sites for hydroxylation is 1. The zero-order valence-corrected chi connectivity index (χ0v) is 17.2. The highest BCUT2D eigenvalue weighted by atomic mass is 35.5. The highest BCUT2D eigenvalue weighted by Crippen LogP contribution is 2.33. The van der Waals surface area contributed by atoms with Crippen molar-refractivity contribution >= 4 is 28.8 Å². The van der Waals surface area contributed by atoms with E-state index in [4.69, 9.17) is 11.6 Å². The first-order valence-electron chi connectivity index (χ1n) is 9.30. The highest BCUT2D eigenvalue weighted by molar-refractivity contribution is 7.17. The third kappa shape index (κ3) is 3.95. The van der Waals surface area contributed by atoms with Crippen molar-refractivity contribution in [1.82, 2.24) is 14.8 Å². The molecule has 140 valence electrons. The van der Waals surface area contributed by atoms with Crippen molar-refractivity contribution in [3.8, 4) is 10.6 Å². The molecule has 2 aromatic rings. The third-order valence-corrected chi connectivity index (χ3v) is 6.68. The summed E-state index contributed by atoms with van der Waals surface area (Å²) in [6, 6.07) is 8.24. The molecule has 1 aromatic heterocycles. The number of nitrogens with zero attached hydrogens (tertiary/aromatic N) is 3. The molecule has 0 unspecified atom stereocenters. The molecule has 1 aliphatic rings. The van der Waals surface area contributed by atoms with Gasteiger partial charge >= 0.3 is 0 Å². The minimum Gasteiger partial charge on any atom is -0.338 e. The lowest BCUT2D eigenvalue weighted by molar-refractivity contribution is 0.0635. The quantitative estimate of drug-likeness (QED) is 0.739. The fourth-order valence-corrected chi connectivity index (χ4v) is 5.02. The van der Waals surface area contributed by atoms with E-state index >= 15 is 0 Å². The van der Waals surface area contributed by atoms with E-state index in [0.29, 0.717) is 11.1 Å². The normalized spacial score (nSPS) is 15.7. The third-order valence-electron chi connectivity index (χ3n) is 5.18. The second-order valence-electron chi connectivity index (χ2n) is 6.66. The second kappa shape index (κ2) is 8.51. The fourth-order valence-electron chi connectivity index (χ4n) is 3.66. The van der Waals surface area contributed by atoms with Crippen molar-refractivity contribution in [2.45, 2.75) is 39.7 Å². The van der Waals surface area contributed by atoms with Crippen LogP contribution in [0, 0.1) is 6.92 Å². The minimum absolute atomic E-state index is 0.108. The Hall–Kier alpha value is -1.43. The number of halogens is 1. The standard InChI is InChI=1S/C20H26ClN3OS/c1-4-23(5-2)15-10-12-24(13-11-15)20(25)18-14(3)22-19(26-18)16-8-6-7-9-17(16)21/h6-9,15H,4-5,10-13H2,1-3H3. The van der Waals surface area contributed by atoms with Crippen molar-refractivity contribution in [3.05, 3.63) is 39.9 Å². The first-order chi connectivity index (χ1) is 12.5. The van der Waals surface area contributed by atoms with Crippen molar-refractivity contribution in [2.75, 3.05) is 26.2 Å². The molecule has 2 heterocycles. The molecule has 4 nitrogen and oxygen atoms in total. The van der Waals surface area contributed by atoms with Gasteiger partial charge in [0, 0.05) is 24.7 Å². The number of carbonyl (C=O) groups excluding carboxylic acids is 1. The van der Waals surface area contributed by atoms with Gasteiger partial charge in [-0.25, -0.2) is 4.98 Å². The molecule has 0 saturated carbocycles. The number of likely N-dealkylation sites (tertiary alicyclic amines) is 1. The Morgan fingerprint density at radius 2 is 1.92 bits per heavy atom. The molecule has 1 saturated heterocycles. The van der Waals surface area contributed by atoms with Gasteiger partial charge in [-0.3, -0.25) is 4.79 Å². The Labute approximate surface area is 164 Å². The Kier molecular flexibility index (Phi) is 6.33. The highest BCUT2D eigenvalue weighted by Gasteiger charge is 2.28. The molecule has 0 N–H and O–H groups in total. The summed E-state index contributed by atoms with van der Waals surface area (Å²) in [6.45, 7) is 10.1. The van der Waals surface area contributed by atoms with E-state index in [9.17, 15) is 4.79 Å². The second-order valence-corrected chi connectivity index (χ2v) is 8.06. The van der Waals surface area contributed by atoms with Gasteiger partial charge in [-0.2, -0.15) is 0 Å². The Bertz CT molecular complexity index is 764. The van der Waals surface area contributed by atoms with Crippen LogP contribution in [0.25, 0.3) is 10.6 Å². The number of hydrogen-bond acceptors (Lipinski definition) is 4. The number of amides is 1. The maximum Gasteiger partial charge on any atom is 0.265 e. The molecule has 1 aliphatic heterocycles. The van der Waals surface area contributed by atoms with E-state index in [1.54, 1.807) is 0 Å². The fraction of sp³-hybridized carbons (Fsp3) is 0.500. The Morgan fingerprint density at radius 1 is 1.27 bits per heavy atom. The van der Waals surface area contributed by atoms with E-state index in [0.717, 1.165) is 60.2 Å². The van der Waals surface area contributed by atoms with Crippen LogP contribution >= 0.6 is 22.9 Å². The molecule has 0 atom stereocenters. The predicted octanol–water partition coefficient (Wildman–Crippen LogP) is 4.72. The summed E-state index contributed by atoms with van der Waals surface area (Å²) in [5.74, 6) is 0.108. The van der Waals surface area contributed by atoms with Crippen molar-refractivity contribution in [2.24, 2.45) is 0 Å². The molecule has 6 heteroatoms. The lowest BCUT2D eigenvalue weighted by Gasteiger charge is -2.37. The largest absolute Gasteiger partial charge is 0.338 e. The van der Waals surface area contributed by atoms with Gasteiger partial charge in [-0.05, 0) is 38.9 Å². The van der Waals surface area contributed by atoms with E-state index in [-0.39, 0.29) is 5.91 Å². The van der Waals surface area contributed by atoms with E-state index in [1.165, 1.54) is 11.3 Å². The summed E-state index contributed by atoms with van der Waals surface area (Å²) in [5, 5.41) is 1.48. The SMILES string of the molecule is CCN(CC)C1CCN(C(=O)c2sc(-c3ccccc3Cl)nc2C)CC1. The summed E-state index contributed by atoms with van der Waals surface area (Å²) in [7, 11) is 0. The van der Waals surface area contributed by atoms with Crippen molar-refractivity contribution < 1.29 is 4.79 Å². The first kappa shape index (κ1) is 19.3. The van der Waals surface area contributed by atoms with Gasteiger partial charge in [-0.1, -0.05) is 43.6 Å². The van der Waals surface area contributed by atoms with Gasteiger partial charge < -0.3 is 9.80 Å². The lowest BCUT2D eigenvalue weighted by atomic mass is 10.0. The van der Waals surface area contributed by atoms with Gasteiger partial charge in [-0.15, -0.1) is 11.3 Å². The van der Waals surface area contributed by atoms with Gasteiger partial charge in [0.05, 0.1) is 10.7 Å². The maximum absolute atomic E-state index is 13.0. The number of carbonyl (C=O) groups is 1. The molecule has 0 bridgehead atoms. The summed E-state index contributed by atoms with van der Waals surface area (Å²) < 4.78 is 0. The topological polar surface area (TPSA) is 36.4 Å². The molecule has 1 fully saturated rings. The molecular formula is C20H26ClN3OS. The molecule has 26 heavy (non-hydrogen) atoms. The number of aromatic nitrogens is 1. The number of benzene rings is 1. The minimum atomic E-state index is 0.108. The molecular weight excluding hydrogens is 366 g/mol. The van der Waals surface area contributed by atoms with Crippen LogP contribution < -0.4 is 0 Å². The summed E-state index contributed by atoms with van der Waals surface area (Å²) in [4.78, 5) is 22.8. The lowest BCUT2D eigenvalue weighted by Crippen LogP contribution is -2.46. The van der Waals surface area contributed by atoms with Crippen LogP contribution in [0.1, 0.15) is 42.1 Å². The molecule has 0 aliphatic carbocycles. The molecule has 1 aromatic carbocycles. The predicted molar refractivity (Wildman–Crippen MR) is 109 cm³/mol. The van der Waals surface area contributed by atoms with Crippen LogP contribution in [0.15, 0.2) is 24.3 Å². The van der Waals surface area contributed by atoms with E-state index in [2.05, 4.69) is 23.7 Å². The summed E-state index contributed by atoms with van der Waals surface area (Å²) in [6.07, 6.45) is 2.09. The number of rotatable bonds is 5. The van der Waals surface area contributed by atoms with Crippen LogP contribution in [0.3, 0.4) is 0 Å². The van der Waals surface area contributed by atoms with Crippen molar-refractivity contribution in [1.29, 1.82) is 0 Å².